The van der Waals surface area contributed by atoms with Gasteiger partial charge in [0.25, 0.3) is 0 Å². The van der Waals surface area contributed by atoms with Crippen molar-refractivity contribution in [2.45, 2.75) is 17.9 Å². The maximum absolute atomic E-state index is 5.72. The molecule has 3 nitrogen and oxygen atoms in total. The smallest absolute Gasteiger partial charge is 0.211 e. The van der Waals surface area contributed by atoms with Crippen LogP contribution in [0.3, 0.4) is 0 Å². The molecule has 17 heavy (non-hydrogen) atoms. The summed E-state index contributed by atoms with van der Waals surface area (Å²) in [7, 11) is 1.89. The van der Waals surface area contributed by atoms with Crippen LogP contribution in [0.4, 0.5) is 0 Å². The van der Waals surface area contributed by atoms with E-state index >= 15 is 0 Å². The second kappa shape index (κ2) is 5.38. The number of nitrogens with one attached hydrogen (secondary N) is 1. The molecular formula is C13H16N2OS. The summed E-state index contributed by atoms with van der Waals surface area (Å²) in [6.07, 6.45) is 3.84. The average molecular weight is 248 g/mol. The molecule has 0 bridgehead atoms. The maximum atomic E-state index is 5.72. The van der Waals surface area contributed by atoms with Crippen molar-refractivity contribution in [3.05, 3.63) is 36.4 Å². The molecule has 90 valence electrons. The van der Waals surface area contributed by atoms with E-state index in [1.54, 1.807) is 18.0 Å². The normalized spacial score (nSPS) is 12.6. The van der Waals surface area contributed by atoms with Crippen molar-refractivity contribution in [1.82, 2.24) is 10.3 Å². The van der Waals surface area contributed by atoms with Crippen molar-refractivity contribution in [3.63, 3.8) is 0 Å². The van der Waals surface area contributed by atoms with Gasteiger partial charge in [-0.3, -0.25) is 0 Å². The monoisotopic (exact) mass is 248 g/mol. The van der Waals surface area contributed by atoms with Gasteiger partial charge in [0.2, 0.25) is 5.89 Å². The predicted molar refractivity (Wildman–Crippen MR) is 71.2 cm³/mol. The maximum Gasteiger partial charge on any atom is 0.211 e. The zero-order chi connectivity index (χ0) is 12.3. The third-order valence-corrected chi connectivity index (χ3v) is 3.45. The molecule has 2 rings (SSSR count). The van der Waals surface area contributed by atoms with Crippen LogP contribution in [0.15, 0.2) is 39.8 Å². The number of rotatable bonds is 4. The van der Waals surface area contributed by atoms with Gasteiger partial charge in [0.1, 0.15) is 0 Å². The first-order chi connectivity index (χ1) is 8.24. The van der Waals surface area contributed by atoms with Gasteiger partial charge in [-0.2, -0.15) is 0 Å². The van der Waals surface area contributed by atoms with Gasteiger partial charge in [-0.15, -0.1) is 11.8 Å². The van der Waals surface area contributed by atoms with Crippen molar-refractivity contribution < 1.29 is 4.42 Å². The minimum absolute atomic E-state index is 0.134. The van der Waals surface area contributed by atoms with Crippen molar-refractivity contribution in [2.75, 3.05) is 13.3 Å². The van der Waals surface area contributed by atoms with Crippen LogP contribution in [0, 0.1) is 0 Å². The van der Waals surface area contributed by atoms with Crippen LogP contribution in [-0.4, -0.2) is 18.3 Å². The summed E-state index contributed by atoms with van der Waals surface area (Å²) < 4.78 is 5.72. The van der Waals surface area contributed by atoms with Crippen molar-refractivity contribution >= 4 is 11.8 Å². The highest BCUT2D eigenvalue weighted by Crippen LogP contribution is 2.25. The lowest BCUT2D eigenvalue weighted by atomic mass is 10.2. The number of oxazole rings is 1. The fraction of sp³-hybridized carbons (Fsp3) is 0.308. The Bertz CT molecular complexity index is 478. The predicted octanol–water partition coefficient (Wildman–Crippen LogP) is 3.34. The standard InChI is InChI=1S/C13H16N2OS/c1-9(14-2)13-15-8-12(16-13)10-4-6-11(17-3)7-5-10/h4-9,14H,1-3H3. The number of benzene rings is 1. The number of aromatic nitrogens is 1. The number of nitrogens with zero attached hydrogens (tertiary/aromatic N) is 1. The summed E-state index contributed by atoms with van der Waals surface area (Å²) in [4.78, 5) is 5.52. The van der Waals surface area contributed by atoms with Crippen molar-refractivity contribution in [1.29, 1.82) is 0 Å². The van der Waals surface area contributed by atoms with Gasteiger partial charge < -0.3 is 9.73 Å². The third kappa shape index (κ3) is 2.70. The number of thioether (sulfide) groups is 1. The summed E-state index contributed by atoms with van der Waals surface area (Å²) in [6.45, 7) is 2.02. The summed E-state index contributed by atoms with van der Waals surface area (Å²) in [5, 5.41) is 3.10. The first-order valence-corrected chi connectivity index (χ1v) is 6.74. The van der Waals surface area contributed by atoms with Crippen LogP contribution < -0.4 is 5.32 Å². The third-order valence-electron chi connectivity index (χ3n) is 2.70. The van der Waals surface area contributed by atoms with Gasteiger partial charge in [0.15, 0.2) is 5.76 Å². The minimum atomic E-state index is 0.134. The van der Waals surface area contributed by atoms with E-state index in [2.05, 4.69) is 40.8 Å². The Morgan fingerprint density at radius 3 is 2.59 bits per heavy atom. The van der Waals surface area contributed by atoms with E-state index < -0.39 is 0 Å². The first-order valence-electron chi connectivity index (χ1n) is 5.52. The highest BCUT2D eigenvalue weighted by Gasteiger charge is 2.11. The summed E-state index contributed by atoms with van der Waals surface area (Å²) in [5.41, 5.74) is 1.06. The van der Waals surface area contributed by atoms with Crippen LogP contribution >= 0.6 is 11.8 Å². The Morgan fingerprint density at radius 2 is 2.00 bits per heavy atom. The molecule has 4 heteroatoms. The van der Waals surface area contributed by atoms with Crippen LogP contribution in [0.2, 0.25) is 0 Å². The molecule has 1 unspecified atom stereocenters. The molecule has 1 atom stereocenters. The molecule has 0 aliphatic rings. The molecule has 1 aromatic carbocycles. The summed E-state index contributed by atoms with van der Waals surface area (Å²) in [6, 6.07) is 8.42. The Hall–Kier alpha value is -1.26. The van der Waals surface area contributed by atoms with Crippen molar-refractivity contribution in [3.8, 4) is 11.3 Å². The Labute approximate surface area is 106 Å². The molecular weight excluding hydrogens is 232 g/mol. The van der Waals surface area contributed by atoms with E-state index in [0.717, 1.165) is 17.2 Å². The average Bonchev–Trinajstić information content (AvgIpc) is 2.87. The quantitative estimate of drug-likeness (QED) is 0.842. The molecule has 1 heterocycles. The Morgan fingerprint density at radius 1 is 1.29 bits per heavy atom. The largest absolute Gasteiger partial charge is 0.439 e. The van der Waals surface area contributed by atoms with Gasteiger partial charge in [0.05, 0.1) is 12.2 Å². The number of hydrogen-bond acceptors (Lipinski definition) is 4. The molecule has 0 aliphatic carbocycles. The molecule has 0 fully saturated rings. The molecule has 1 N–H and O–H groups in total. The minimum Gasteiger partial charge on any atom is -0.439 e. The van der Waals surface area contributed by atoms with Crippen LogP contribution in [0.25, 0.3) is 11.3 Å². The topological polar surface area (TPSA) is 38.1 Å². The lowest BCUT2D eigenvalue weighted by Gasteiger charge is -2.03. The van der Waals surface area contributed by atoms with Gasteiger partial charge in [-0.05, 0) is 32.4 Å². The van der Waals surface area contributed by atoms with Crippen LogP contribution in [0.5, 0.6) is 0 Å². The lowest BCUT2D eigenvalue weighted by Crippen LogP contribution is -2.12. The molecule has 0 spiro atoms. The zero-order valence-corrected chi connectivity index (χ0v) is 11.0. The van der Waals surface area contributed by atoms with E-state index in [0.29, 0.717) is 0 Å². The highest BCUT2D eigenvalue weighted by atomic mass is 32.2. The second-order valence-electron chi connectivity index (χ2n) is 3.80. The molecule has 0 saturated carbocycles. The first kappa shape index (κ1) is 12.2. The van der Waals surface area contributed by atoms with E-state index in [1.807, 2.05) is 14.0 Å². The molecule has 0 saturated heterocycles. The van der Waals surface area contributed by atoms with E-state index in [4.69, 9.17) is 4.42 Å². The summed E-state index contributed by atoms with van der Waals surface area (Å²) >= 11 is 1.73. The van der Waals surface area contributed by atoms with Crippen molar-refractivity contribution in [2.24, 2.45) is 0 Å². The Balaban J connectivity index is 2.24. The molecule has 0 radical (unpaired) electrons. The summed E-state index contributed by atoms with van der Waals surface area (Å²) in [5.74, 6) is 1.53. The van der Waals surface area contributed by atoms with Gasteiger partial charge in [-0.25, -0.2) is 4.98 Å². The molecule has 1 aromatic heterocycles. The van der Waals surface area contributed by atoms with Gasteiger partial charge in [-0.1, -0.05) is 12.1 Å². The molecule has 2 aromatic rings. The van der Waals surface area contributed by atoms with Gasteiger partial charge >= 0.3 is 0 Å². The SMILES string of the molecule is CNC(C)c1ncc(-c2ccc(SC)cc2)o1. The van der Waals surface area contributed by atoms with E-state index in [9.17, 15) is 0 Å². The fourth-order valence-electron chi connectivity index (χ4n) is 1.50. The molecule has 0 amide bonds. The van der Waals surface area contributed by atoms with Crippen LogP contribution in [-0.2, 0) is 0 Å². The molecule has 0 aliphatic heterocycles. The van der Waals surface area contributed by atoms with Crippen LogP contribution in [0.1, 0.15) is 18.9 Å². The van der Waals surface area contributed by atoms with E-state index in [1.165, 1.54) is 4.90 Å². The number of hydrogen-bond donors (Lipinski definition) is 1. The lowest BCUT2D eigenvalue weighted by molar-refractivity contribution is 0.441. The Kier molecular flexibility index (Phi) is 3.86. The second-order valence-corrected chi connectivity index (χ2v) is 4.68. The zero-order valence-electron chi connectivity index (χ0n) is 10.2. The fourth-order valence-corrected chi connectivity index (χ4v) is 1.91. The van der Waals surface area contributed by atoms with E-state index in [-0.39, 0.29) is 6.04 Å². The van der Waals surface area contributed by atoms with Gasteiger partial charge in [0, 0.05) is 10.5 Å². The highest BCUT2D eigenvalue weighted by molar-refractivity contribution is 7.98.